The highest BCUT2D eigenvalue weighted by atomic mass is 19.4. The molecule has 2 aromatic rings. The number of rotatable bonds is 1. The van der Waals surface area contributed by atoms with E-state index in [0.29, 0.717) is 4.52 Å². The van der Waals surface area contributed by atoms with Crippen molar-refractivity contribution >= 4 is 11.5 Å². The Labute approximate surface area is 120 Å². The van der Waals surface area contributed by atoms with Gasteiger partial charge in [-0.3, -0.25) is 0 Å². The molecular formula is C11H11F5N6. The van der Waals surface area contributed by atoms with Gasteiger partial charge in [-0.1, -0.05) is 0 Å². The third-order valence-electron chi connectivity index (χ3n) is 3.19. The molecule has 1 aliphatic heterocycles. The normalized spacial score (nSPS) is 19.4. The van der Waals surface area contributed by atoms with Crippen LogP contribution in [0.2, 0.25) is 0 Å². The molecule has 0 aromatic carbocycles. The fourth-order valence-electron chi connectivity index (χ4n) is 2.22. The summed E-state index contributed by atoms with van der Waals surface area (Å²) < 4.78 is 66.1. The van der Waals surface area contributed by atoms with Crippen LogP contribution in [0.4, 0.5) is 27.8 Å². The van der Waals surface area contributed by atoms with Gasteiger partial charge in [0.05, 0.1) is 13.1 Å². The van der Waals surface area contributed by atoms with E-state index in [-0.39, 0.29) is 24.6 Å². The summed E-state index contributed by atoms with van der Waals surface area (Å²) in [5.74, 6) is -4.27. The van der Waals surface area contributed by atoms with Crippen LogP contribution in [0, 0.1) is 0 Å². The second-order valence-electron chi connectivity index (χ2n) is 4.94. The second-order valence-corrected chi connectivity index (χ2v) is 4.94. The van der Waals surface area contributed by atoms with Crippen molar-refractivity contribution in [1.29, 1.82) is 0 Å². The van der Waals surface area contributed by atoms with Crippen LogP contribution < -0.4 is 10.2 Å². The molecule has 0 saturated carbocycles. The summed E-state index contributed by atoms with van der Waals surface area (Å²) >= 11 is 0. The van der Waals surface area contributed by atoms with Crippen LogP contribution in [0.15, 0.2) is 12.1 Å². The predicted molar refractivity (Wildman–Crippen MR) is 65.8 cm³/mol. The zero-order chi connectivity index (χ0) is 16.0. The molecule has 11 heteroatoms. The molecule has 3 heterocycles. The molecule has 0 atom stereocenters. The number of hydrogen-bond acceptors (Lipinski definition) is 5. The van der Waals surface area contributed by atoms with E-state index in [9.17, 15) is 22.0 Å². The Morgan fingerprint density at radius 3 is 2.68 bits per heavy atom. The molecule has 1 aliphatic rings. The Hall–Kier alpha value is -2.04. The minimum atomic E-state index is -4.73. The number of fused-ring (bicyclic) bond motifs is 1. The lowest BCUT2D eigenvalue weighted by Crippen LogP contribution is -2.39. The minimum absolute atomic E-state index is 0.0150. The van der Waals surface area contributed by atoms with Crippen molar-refractivity contribution in [2.75, 3.05) is 31.1 Å². The monoisotopic (exact) mass is 322 g/mol. The van der Waals surface area contributed by atoms with E-state index >= 15 is 0 Å². The van der Waals surface area contributed by atoms with Gasteiger partial charge in [0.25, 0.3) is 11.7 Å². The second kappa shape index (κ2) is 5.00. The number of halogens is 5. The van der Waals surface area contributed by atoms with Crippen molar-refractivity contribution < 1.29 is 22.0 Å². The van der Waals surface area contributed by atoms with Crippen LogP contribution in [-0.2, 0) is 6.18 Å². The first-order valence-corrected chi connectivity index (χ1v) is 6.39. The van der Waals surface area contributed by atoms with Crippen molar-refractivity contribution in [1.82, 2.24) is 25.1 Å². The predicted octanol–water partition coefficient (Wildman–Crippen LogP) is 1.19. The Balaban J connectivity index is 2.00. The van der Waals surface area contributed by atoms with Crippen molar-refractivity contribution in [3.63, 3.8) is 0 Å². The standard InChI is InChI=1S/C11H11F5N6/c12-10(13)5-17-3-4-21(6-10)8-2-1-7-18-19-9(11(14,15)16)22(7)20-8/h1-2,17H,3-6H2. The lowest BCUT2D eigenvalue weighted by molar-refractivity contribution is -0.146. The molecule has 2 aromatic heterocycles. The van der Waals surface area contributed by atoms with Crippen LogP contribution in [0.3, 0.4) is 0 Å². The minimum Gasteiger partial charge on any atom is -0.348 e. The van der Waals surface area contributed by atoms with E-state index < -0.39 is 31.0 Å². The average Bonchev–Trinajstić information content (AvgIpc) is 2.76. The van der Waals surface area contributed by atoms with Gasteiger partial charge in [0.1, 0.15) is 5.82 Å². The molecule has 0 radical (unpaired) electrons. The topological polar surface area (TPSA) is 58.3 Å². The van der Waals surface area contributed by atoms with Crippen LogP contribution in [0.1, 0.15) is 5.82 Å². The Kier molecular flexibility index (Phi) is 3.38. The molecule has 0 unspecified atom stereocenters. The molecule has 0 aliphatic carbocycles. The van der Waals surface area contributed by atoms with Gasteiger partial charge in [0.15, 0.2) is 5.65 Å². The Morgan fingerprint density at radius 1 is 1.18 bits per heavy atom. The van der Waals surface area contributed by atoms with Crippen LogP contribution in [0.5, 0.6) is 0 Å². The molecule has 0 bridgehead atoms. The van der Waals surface area contributed by atoms with Gasteiger partial charge in [-0.15, -0.1) is 15.3 Å². The van der Waals surface area contributed by atoms with E-state index in [4.69, 9.17) is 0 Å². The Morgan fingerprint density at radius 2 is 1.95 bits per heavy atom. The number of aromatic nitrogens is 4. The molecule has 120 valence electrons. The van der Waals surface area contributed by atoms with Gasteiger partial charge in [0, 0.05) is 13.1 Å². The maximum absolute atomic E-state index is 13.6. The van der Waals surface area contributed by atoms with Gasteiger partial charge < -0.3 is 10.2 Å². The van der Waals surface area contributed by atoms with E-state index in [1.165, 1.54) is 17.0 Å². The number of nitrogens with one attached hydrogen (secondary N) is 1. The van der Waals surface area contributed by atoms with Gasteiger partial charge in [-0.25, -0.2) is 8.78 Å². The molecule has 0 amide bonds. The van der Waals surface area contributed by atoms with Crippen molar-refractivity contribution in [2.45, 2.75) is 12.1 Å². The summed E-state index contributed by atoms with van der Waals surface area (Å²) in [6.07, 6.45) is -4.73. The lowest BCUT2D eigenvalue weighted by Gasteiger charge is -2.24. The quantitative estimate of drug-likeness (QED) is 0.799. The van der Waals surface area contributed by atoms with Gasteiger partial charge in [-0.05, 0) is 12.1 Å². The number of alkyl halides is 5. The molecule has 1 fully saturated rings. The van der Waals surface area contributed by atoms with Crippen molar-refractivity contribution in [2.24, 2.45) is 0 Å². The third kappa shape index (κ3) is 2.80. The highest BCUT2D eigenvalue weighted by Gasteiger charge is 2.38. The van der Waals surface area contributed by atoms with E-state index in [2.05, 4.69) is 20.6 Å². The highest BCUT2D eigenvalue weighted by Crippen LogP contribution is 2.28. The van der Waals surface area contributed by atoms with Crippen LogP contribution in [-0.4, -0.2) is 51.9 Å². The zero-order valence-corrected chi connectivity index (χ0v) is 11.1. The van der Waals surface area contributed by atoms with E-state index in [1.54, 1.807) is 0 Å². The molecule has 6 nitrogen and oxygen atoms in total. The highest BCUT2D eigenvalue weighted by molar-refractivity contribution is 5.46. The smallest absolute Gasteiger partial charge is 0.348 e. The third-order valence-corrected chi connectivity index (χ3v) is 3.19. The fraction of sp³-hybridized carbons (Fsp3) is 0.545. The molecule has 1 N–H and O–H groups in total. The summed E-state index contributed by atoms with van der Waals surface area (Å²) in [6.45, 7) is -0.616. The number of anilines is 1. The molecule has 0 spiro atoms. The van der Waals surface area contributed by atoms with Crippen LogP contribution >= 0.6 is 0 Å². The summed E-state index contributed by atoms with van der Waals surface area (Å²) in [7, 11) is 0. The molecular weight excluding hydrogens is 311 g/mol. The SMILES string of the molecule is FC1(F)CNCCN(c2ccc3nnc(C(F)(F)F)n3n2)C1. The maximum Gasteiger partial charge on any atom is 0.453 e. The lowest BCUT2D eigenvalue weighted by atomic mass is 10.3. The van der Waals surface area contributed by atoms with Crippen molar-refractivity contribution in [3.8, 4) is 0 Å². The van der Waals surface area contributed by atoms with E-state index in [0.717, 1.165) is 0 Å². The summed E-state index contributed by atoms with van der Waals surface area (Å²) in [4.78, 5) is 1.24. The summed E-state index contributed by atoms with van der Waals surface area (Å²) in [5.41, 5.74) is -0.101. The zero-order valence-electron chi connectivity index (χ0n) is 11.1. The first kappa shape index (κ1) is 14.9. The van der Waals surface area contributed by atoms with Crippen molar-refractivity contribution in [3.05, 3.63) is 18.0 Å². The Bertz CT molecular complexity index is 681. The summed E-state index contributed by atoms with van der Waals surface area (Å²) in [5, 5.41) is 12.8. The molecule has 3 rings (SSSR count). The van der Waals surface area contributed by atoms with Gasteiger partial charge >= 0.3 is 6.18 Å². The number of nitrogens with zero attached hydrogens (tertiary/aromatic N) is 5. The maximum atomic E-state index is 13.6. The van der Waals surface area contributed by atoms with Gasteiger partial charge in [0.2, 0.25) is 0 Å². The molecule has 1 saturated heterocycles. The van der Waals surface area contributed by atoms with E-state index in [1.807, 2.05) is 0 Å². The van der Waals surface area contributed by atoms with Gasteiger partial charge in [-0.2, -0.15) is 17.7 Å². The fourth-order valence-corrected chi connectivity index (χ4v) is 2.22. The van der Waals surface area contributed by atoms with Crippen LogP contribution in [0.25, 0.3) is 5.65 Å². The first-order chi connectivity index (χ1) is 10.3. The average molecular weight is 322 g/mol. The molecule has 22 heavy (non-hydrogen) atoms. The summed E-state index contributed by atoms with van der Waals surface area (Å²) in [6, 6.07) is 2.62. The first-order valence-electron chi connectivity index (χ1n) is 6.39. The number of hydrogen-bond donors (Lipinski definition) is 1. The largest absolute Gasteiger partial charge is 0.453 e.